The van der Waals surface area contributed by atoms with Crippen LogP contribution in [0.1, 0.15) is 33.4 Å². The van der Waals surface area contributed by atoms with E-state index in [4.69, 9.17) is 23.2 Å². The van der Waals surface area contributed by atoms with Gasteiger partial charge in [-0.25, -0.2) is 9.97 Å². The minimum absolute atomic E-state index is 0.363. The number of benzene rings is 2. The van der Waals surface area contributed by atoms with Gasteiger partial charge >= 0.3 is 0 Å². The predicted octanol–water partition coefficient (Wildman–Crippen LogP) is 5.89. The second-order valence-electron chi connectivity index (χ2n) is 7.19. The van der Waals surface area contributed by atoms with E-state index in [0.717, 1.165) is 22.3 Å². The molecule has 0 N–H and O–H groups in total. The van der Waals surface area contributed by atoms with Gasteiger partial charge in [-0.1, -0.05) is 59.6 Å². The fourth-order valence-electron chi connectivity index (χ4n) is 4.36. The normalized spacial score (nSPS) is 13.0. The predicted molar refractivity (Wildman–Crippen MR) is 119 cm³/mol. The molecule has 0 aliphatic heterocycles. The van der Waals surface area contributed by atoms with Crippen molar-refractivity contribution in [3.63, 3.8) is 0 Å². The van der Waals surface area contributed by atoms with Gasteiger partial charge in [0.1, 0.15) is 10.3 Å². The maximum Gasteiger partial charge on any atom is 0.129 e. The number of fused-ring (bicyclic) bond motifs is 3. The third kappa shape index (κ3) is 2.81. The van der Waals surface area contributed by atoms with Crippen LogP contribution in [-0.4, -0.2) is 9.97 Å². The smallest absolute Gasteiger partial charge is 0.129 e. The summed E-state index contributed by atoms with van der Waals surface area (Å²) in [6.07, 6.45) is 0. The number of rotatable bonds is 2. The highest BCUT2D eigenvalue weighted by atomic mass is 35.5. The molecule has 4 aromatic rings. The van der Waals surface area contributed by atoms with Crippen molar-refractivity contribution in [2.75, 3.05) is 0 Å². The minimum atomic E-state index is -0.748. The Bertz CT molecular complexity index is 1300. The number of aromatic nitrogens is 2. The SMILES string of the molecule is N#Cc1ccc(C2(c3ccc(C#N)cc3)c3ccc(Cl)nc3-c3nc(Cl)ccc32)cc1. The highest BCUT2D eigenvalue weighted by molar-refractivity contribution is 6.30. The van der Waals surface area contributed by atoms with Gasteiger partial charge in [-0.2, -0.15) is 10.5 Å². The van der Waals surface area contributed by atoms with Crippen molar-refractivity contribution < 1.29 is 0 Å². The number of nitriles is 2. The van der Waals surface area contributed by atoms with E-state index in [2.05, 4.69) is 22.1 Å². The summed E-state index contributed by atoms with van der Waals surface area (Å²) in [7, 11) is 0. The van der Waals surface area contributed by atoms with Crippen LogP contribution in [0.4, 0.5) is 0 Å². The maximum absolute atomic E-state index is 9.28. The minimum Gasteiger partial charge on any atom is -0.234 e. The summed E-state index contributed by atoms with van der Waals surface area (Å²) < 4.78 is 0. The van der Waals surface area contributed by atoms with Crippen molar-refractivity contribution in [1.82, 2.24) is 9.97 Å². The highest BCUT2D eigenvalue weighted by Gasteiger charge is 2.48. The molecule has 0 radical (unpaired) electrons. The van der Waals surface area contributed by atoms with E-state index in [1.807, 2.05) is 36.4 Å². The molecule has 146 valence electrons. The van der Waals surface area contributed by atoms with Crippen LogP contribution in [0.25, 0.3) is 11.4 Å². The second-order valence-corrected chi connectivity index (χ2v) is 7.96. The fraction of sp³-hybridized carbons (Fsp3) is 0.0400. The summed E-state index contributed by atoms with van der Waals surface area (Å²) in [5.41, 5.74) is 5.45. The van der Waals surface area contributed by atoms with E-state index >= 15 is 0 Å². The van der Waals surface area contributed by atoms with Crippen LogP contribution in [0.5, 0.6) is 0 Å². The topological polar surface area (TPSA) is 73.4 Å². The molecular formula is C25H12Cl2N4. The molecule has 0 saturated carbocycles. The van der Waals surface area contributed by atoms with E-state index in [-0.39, 0.29) is 0 Å². The van der Waals surface area contributed by atoms with Gasteiger partial charge in [0.2, 0.25) is 0 Å². The van der Waals surface area contributed by atoms with Crippen LogP contribution >= 0.6 is 23.2 Å². The molecule has 0 amide bonds. The molecule has 1 aliphatic rings. The molecule has 4 nitrogen and oxygen atoms in total. The Labute approximate surface area is 189 Å². The summed E-state index contributed by atoms with van der Waals surface area (Å²) >= 11 is 12.5. The lowest BCUT2D eigenvalue weighted by Gasteiger charge is -2.33. The molecule has 0 saturated heterocycles. The van der Waals surface area contributed by atoms with Gasteiger partial charge in [-0.3, -0.25) is 0 Å². The van der Waals surface area contributed by atoms with Crippen molar-refractivity contribution in [2.24, 2.45) is 0 Å². The zero-order valence-corrected chi connectivity index (χ0v) is 17.5. The molecule has 0 atom stereocenters. The zero-order chi connectivity index (χ0) is 21.6. The van der Waals surface area contributed by atoms with E-state index in [0.29, 0.717) is 32.8 Å². The Hall–Kier alpha value is -3.70. The van der Waals surface area contributed by atoms with Crippen molar-refractivity contribution >= 4 is 23.2 Å². The van der Waals surface area contributed by atoms with Crippen LogP contribution in [0.15, 0.2) is 72.8 Å². The van der Waals surface area contributed by atoms with E-state index in [1.165, 1.54) is 0 Å². The zero-order valence-electron chi connectivity index (χ0n) is 16.0. The largest absolute Gasteiger partial charge is 0.234 e. The molecule has 0 fully saturated rings. The van der Waals surface area contributed by atoms with Gasteiger partial charge < -0.3 is 0 Å². The molecular weight excluding hydrogens is 427 g/mol. The first kappa shape index (κ1) is 19.3. The molecule has 2 aromatic carbocycles. The van der Waals surface area contributed by atoms with Crippen molar-refractivity contribution in [3.8, 4) is 23.5 Å². The third-order valence-electron chi connectivity index (χ3n) is 5.65. The summed E-state index contributed by atoms with van der Waals surface area (Å²) in [5, 5.41) is 19.3. The Morgan fingerprint density at radius 1 is 0.581 bits per heavy atom. The summed E-state index contributed by atoms with van der Waals surface area (Å²) in [6.45, 7) is 0. The first-order valence-electron chi connectivity index (χ1n) is 9.43. The number of pyridine rings is 2. The Morgan fingerprint density at radius 2 is 0.968 bits per heavy atom. The molecule has 1 aliphatic carbocycles. The second kappa shape index (κ2) is 7.22. The van der Waals surface area contributed by atoms with Gasteiger partial charge in [0.15, 0.2) is 0 Å². The van der Waals surface area contributed by atoms with Gasteiger partial charge in [0, 0.05) is 0 Å². The van der Waals surface area contributed by atoms with Crippen LogP contribution in [0.2, 0.25) is 10.3 Å². The van der Waals surface area contributed by atoms with Crippen LogP contribution in [0.3, 0.4) is 0 Å². The van der Waals surface area contributed by atoms with Gasteiger partial charge in [0.25, 0.3) is 0 Å². The van der Waals surface area contributed by atoms with Crippen LogP contribution in [0, 0.1) is 22.7 Å². The molecule has 2 aromatic heterocycles. The third-order valence-corrected chi connectivity index (χ3v) is 6.07. The molecule has 0 spiro atoms. The summed E-state index contributed by atoms with van der Waals surface area (Å²) in [4.78, 5) is 9.18. The van der Waals surface area contributed by atoms with E-state index < -0.39 is 5.41 Å². The molecule has 6 heteroatoms. The number of hydrogen-bond acceptors (Lipinski definition) is 4. The molecule has 0 bridgehead atoms. The van der Waals surface area contributed by atoms with Crippen LogP contribution < -0.4 is 0 Å². The molecule has 0 unspecified atom stereocenters. The van der Waals surface area contributed by atoms with Gasteiger partial charge in [-0.05, 0) is 58.7 Å². The van der Waals surface area contributed by atoms with Crippen molar-refractivity contribution in [1.29, 1.82) is 10.5 Å². The Kier molecular flexibility index (Phi) is 4.49. The lowest BCUT2D eigenvalue weighted by molar-refractivity contribution is 0.764. The van der Waals surface area contributed by atoms with Crippen LogP contribution in [-0.2, 0) is 5.41 Å². The Morgan fingerprint density at radius 3 is 1.32 bits per heavy atom. The average molecular weight is 439 g/mol. The number of nitrogens with zero attached hydrogens (tertiary/aromatic N) is 4. The van der Waals surface area contributed by atoms with Gasteiger partial charge in [0.05, 0.1) is 40.1 Å². The summed E-state index contributed by atoms with van der Waals surface area (Å²) in [6, 6.07) is 26.7. The number of halogens is 2. The lowest BCUT2D eigenvalue weighted by atomic mass is 9.68. The highest BCUT2D eigenvalue weighted by Crippen LogP contribution is 2.55. The van der Waals surface area contributed by atoms with Crippen molar-refractivity contribution in [2.45, 2.75) is 5.41 Å². The molecule has 5 rings (SSSR count). The lowest BCUT2D eigenvalue weighted by Crippen LogP contribution is -2.28. The number of hydrogen-bond donors (Lipinski definition) is 0. The van der Waals surface area contributed by atoms with E-state index in [9.17, 15) is 10.5 Å². The fourth-order valence-corrected chi connectivity index (χ4v) is 4.66. The first-order valence-corrected chi connectivity index (χ1v) is 10.2. The van der Waals surface area contributed by atoms with Crippen molar-refractivity contribution in [3.05, 3.63) is 116 Å². The molecule has 2 heterocycles. The monoisotopic (exact) mass is 438 g/mol. The Balaban J connectivity index is 1.93. The average Bonchev–Trinajstić information content (AvgIpc) is 3.09. The van der Waals surface area contributed by atoms with E-state index in [1.54, 1.807) is 36.4 Å². The summed E-state index contributed by atoms with van der Waals surface area (Å²) in [5.74, 6) is 0. The first-order chi connectivity index (χ1) is 15.1. The quantitative estimate of drug-likeness (QED) is 0.322. The standard InChI is InChI=1S/C25H12Cl2N4/c26-21-11-9-19-23(30-21)24-20(10-12-22(27)31-24)25(19,17-5-1-15(13-28)2-6-17)18-7-3-16(14-29)4-8-18/h1-12H. The maximum atomic E-state index is 9.28. The van der Waals surface area contributed by atoms with Gasteiger partial charge in [-0.15, -0.1) is 0 Å². The molecule has 31 heavy (non-hydrogen) atoms.